The number of likely N-dealkylation sites (N-methyl/N-ethyl adjacent to an activating group) is 1. The maximum absolute atomic E-state index is 13.6. The number of allylic oxidation sites excluding steroid dienone is 3. The van der Waals surface area contributed by atoms with E-state index in [1.54, 1.807) is 0 Å². The molecule has 3 atom stereocenters. The number of phosphoric ester groups is 1. The van der Waals surface area contributed by atoms with Crippen molar-refractivity contribution in [2.75, 3.05) is 40.9 Å². The van der Waals surface area contributed by atoms with E-state index in [-0.39, 0.29) is 25.1 Å². The number of carbonyl (C=O) groups is 2. The van der Waals surface area contributed by atoms with Crippen molar-refractivity contribution in [3.05, 3.63) is 24.3 Å². The van der Waals surface area contributed by atoms with Gasteiger partial charge in [0.25, 0.3) is 0 Å². The number of quaternary nitrogens is 1. The molecule has 0 saturated heterocycles. The first-order chi connectivity index (χ1) is 37.9. The van der Waals surface area contributed by atoms with Crippen molar-refractivity contribution in [1.82, 2.24) is 5.32 Å². The molecule has 0 saturated carbocycles. The first-order valence-corrected chi connectivity index (χ1v) is 35.7. The van der Waals surface area contributed by atoms with Crippen LogP contribution in [0.2, 0.25) is 0 Å². The molecule has 0 aromatic rings. The van der Waals surface area contributed by atoms with Crippen molar-refractivity contribution < 1.29 is 37.3 Å². The van der Waals surface area contributed by atoms with Gasteiger partial charge in [0, 0.05) is 12.8 Å². The van der Waals surface area contributed by atoms with E-state index < -0.39 is 20.0 Å². The third-order valence-electron chi connectivity index (χ3n) is 15.6. The molecule has 0 bridgehead atoms. The Morgan fingerprint density at radius 3 is 1.09 bits per heavy atom. The van der Waals surface area contributed by atoms with Gasteiger partial charge in [0.2, 0.25) is 5.91 Å². The minimum absolute atomic E-state index is 0.0445. The molecule has 0 rings (SSSR count). The van der Waals surface area contributed by atoms with Crippen molar-refractivity contribution in [3.8, 4) is 0 Å². The first kappa shape index (κ1) is 76.5. The monoisotopic (exact) mass is 1120 g/mol. The number of carbonyl (C=O) groups excluding carboxylic acids is 2. The van der Waals surface area contributed by atoms with Crippen molar-refractivity contribution >= 4 is 19.7 Å². The molecular formula is C68H134N2O7P+. The van der Waals surface area contributed by atoms with Crippen LogP contribution in [0.3, 0.4) is 0 Å². The van der Waals surface area contributed by atoms with E-state index in [0.717, 1.165) is 57.8 Å². The molecule has 462 valence electrons. The second kappa shape index (κ2) is 58.7. The number of nitrogens with zero attached hydrogens (tertiary/aromatic N) is 1. The standard InChI is InChI=1S/C68H133N2O7P/c1-7-10-13-16-19-22-25-27-29-31-32-33-34-35-36-37-38-39-41-43-46-49-52-55-58-61-68(72)77-66(59-56-53-50-47-44-24-21-18-15-12-9-3)65(64-76-78(73,74)75-63-62-70(4,5)6)69-67(71)60-57-54-51-48-45-42-40-30-28-26-23-20-17-14-11-8-2/h27,29,56,59,65-66H,7-26,28,30-55,57-58,60-64H2,1-6H3,(H-,69,71,73,74)/p+1/b29-27+,59-56+. The highest BCUT2D eigenvalue weighted by molar-refractivity contribution is 7.47. The average molecular weight is 1120 g/mol. The molecule has 3 unspecified atom stereocenters. The van der Waals surface area contributed by atoms with Gasteiger partial charge < -0.3 is 19.4 Å². The summed E-state index contributed by atoms with van der Waals surface area (Å²) < 4.78 is 30.8. The summed E-state index contributed by atoms with van der Waals surface area (Å²) in [6.07, 6.45) is 70.5. The summed E-state index contributed by atoms with van der Waals surface area (Å²) in [7, 11) is 1.52. The normalized spacial score (nSPS) is 13.7. The van der Waals surface area contributed by atoms with E-state index in [1.165, 1.54) is 257 Å². The highest BCUT2D eigenvalue weighted by Gasteiger charge is 2.30. The molecule has 0 aromatic heterocycles. The average Bonchev–Trinajstić information content (AvgIpc) is 3.41. The molecule has 1 amide bonds. The van der Waals surface area contributed by atoms with Crippen molar-refractivity contribution in [2.24, 2.45) is 0 Å². The molecule has 0 aliphatic rings. The number of nitrogens with one attached hydrogen (secondary N) is 1. The van der Waals surface area contributed by atoms with Crippen LogP contribution in [-0.4, -0.2) is 74.3 Å². The van der Waals surface area contributed by atoms with Gasteiger partial charge in [0.1, 0.15) is 19.3 Å². The summed E-state index contributed by atoms with van der Waals surface area (Å²) in [6.45, 7) is 7.06. The van der Waals surface area contributed by atoms with E-state index in [0.29, 0.717) is 23.9 Å². The maximum atomic E-state index is 13.6. The third-order valence-corrected chi connectivity index (χ3v) is 16.6. The lowest BCUT2D eigenvalue weighted by molar-refractivity contribution is -0.870. The van der Waals surface area contributed by atoms with Crippen LogP contribution in [0.15, 0.2) is 24.3 Å². The van der Waals surface area contributed by atoms with E-state index in [4.69, 9.17) is 13.8 Å². The van der Waals surface area contributed by atoms with E-state index in [2.05, 4.69) is 38.2 Å². The van der Waals surface area contributed by atoms with Gasteiger partial charge in [-0.3, -0.25) is 18.6 Å². The summed E-state index contributed by atoms with van der Waals surface area (Å²) >= 11 is 0. The van der Waals surface area contributed by atoms with E-state index >= 15 is 0 Å². The molecule has 2 N–H and O–H groups in total. The second-order valence-corrected chi connectivity index (χ2v) is 26.2. The van der Waals surface area contributed by atoms with Crippen LogP contribution in [0.4, 0.5) is 0 Å². The van der Waals surface area contributed by atoms with Gasteiger partial charge >= 0.3 is 13.8 Å². The number of rotatable bonds is 63. The Morgan fingerprint density at radius 2 is 0.744 bits per heavy atom. The van der Waals surface area contributed by atoms with Crippen LogP contribution >= 0.6 is 7.82 Å². The van der Waals surface area contributed by atoms with Crippen LogP contribution in [0.5, 0.6) is 0 Å². The van der Waals surface area contributed by atoms with Crippen LogP contribution in [0.1, 0.15) is 348 Å². The molecule has 0 spiro atoms. The predicted molar refractivity (Wildman–Crippen MR) is 337 cm³/mol. The Kier molecular flexibility index (Phi) is 57.5. The lowest BCUT2D eigenvalue weighted by atomic mass is 10.0. The van der Waals surface area contributed by atoms with Crippen molar-refractivity contribution in [3.63, 3.8) is 0 Å². The van der Waals surface area contributed by atoms with Crippen LogP contribution in [-0.2, 0) is 27.9 Å². The van der Waals surface area contributed by atoms with Gasteiger partial charge in [0.15, 0.2) is 0 Å². The first-order valence-electron chi connectivity index (χ1n) is 34.2. The third kappa shape index (κ3) is 59.1. The number of hydrogen-bond donors (Lipinski definition) is 2. The highest BCUT2D eigenvalue weighted by Crippen LogP contribution is 2.43. The number of hydrogen-bond acceptors (Lipinski definition) is 6. The van der Waals surface area contributed by atoms with Crippen LogP contribution in [0, 0.1) is 0 Å². The fourth-order valence-electron chi connectivity index (χ4n) is 10.4. The Labute approximate surface area is 485 Å². The number of unbranched alkanes of at least 4 members (excludes halogenated alkanes) is 45. The Morgan fingerprint density at radius 1 is 0.436 bits per heavy atom. The highest BCUT2D eigenvalue weighted by atomic mass is 31.2. The summed E-state index contributed by atoms with van der Waals surface area (Å²) in [5.41, 5.74) is 0. The zero-order valence-electron chi connectivity index (χ0n) is 52.9. The number of amides is 1. The van der Waals surface area contributed by atoms with E-state index in [9.17, 15) is 19.0 Å². The predicted octanol–water partition coefficient (Wildman–Crippen LogP) is 21.3. The van der Waals surface area contributed by atoms with Gasteiger partial charge in [-0.15, -0.1) is 0 Å². The van der Waals surface area contributed by atoms with Gasteiger partial charge in [-0.2, -0.15) is 0 Å². The van der Waals surface area contributed by atoms with E-state index in [1.807, 2.05) is 33.3 Å². The summed E-state index contributed by atoms with van der Waals surface area (Å²) in [5.74, 6) is -0.484. The zero-order chi connectivity index (χ0) is 57.2. The minimum atomic E-state index is -4.44. The maximum Gasteiger partial charge on any atom is 0.472 e. The summed E-state index contributed by atoms with van der Waals surface area (Å²) in [6, 6.07) is -0.841. The Bertz CT molecular complexity index is 1380. The molecule has 0 aliphatic carbocycles. The SMILES string of the molecule is CCCCCCCC/C=C/CCCCCCCCCCCCCCCCCC(=O)OC(/C=C/CCCCCCCCCCC)C(COP(=O)(O)OCC[N+](C)(C)C)NC(=O)CCCCCCCCCCCCCCCCCC. The zero-order valence-corrected chi connectivity index (χ0v) is 53.8. The minimum Gasteiger partial charge on any atom is -0.456 e. The topological polar surface area (TPSA) is 111 Å². The summed E-state index contributed by atoms with van der Waals surface area (Å²) in [4.78, 5) is 37.8. The molecule has 10 heteroatoms. The Balaban J connectivity index is 5.00. The molecule has 0 fully saturated rings. The molecule has 0 radical (unpaired) electrons. The lowest BCUT2D eigenvalue weighted by Crippen LogP contribution is -2.47. The van der Waals surface area contributed by atoms with Crippen molar-refractivity contribution in [2.45, 2.75) is 360 Å². The number of esters is 1. The van der Waals surface area contributed by atoms with Gasteiger partial charge in [-0.25, -0.2) is 4.57 Å². The number of phosphoric acid groups is 1. The van der Waals surface area contributed by atoms with Gasteiger partial charge in [-0.05, 0) is 57.4 Å². The summed E-state index contributed by atoms with van der Waals surface area (Å²) in [5, 5.41) is 3.07. The number of ether oxygens (including phenoxy) is 1. The van der Waals surface area contributed by atoms with Gasteiger partial charge in [-0.1, -0.05) is 302 Å². The fourth-order valence-corrected chi connectivity index (χ4v) is 11.1. The Hall–Kier alpha value is -1.51. The van der Waals surface area contributed by atoms with Crippen LogP contribution in [0.25, 0.3) is 0 Å². The molecule has 9 nitrogen and oxygen atoms in total. The molecule has 0 heterocycles. The fraction of sp³-hybridized carbons (Fsp3) is 0.912. The van der Waals surface area contributed by atoms with Crippen LogP contribution < -0.4 is 5.32 Å². The largest absolute Gasteiger partial charge is 0.472 e. The second-order valence-electron chi connectivity index (χ2n) is 24.7. The van der Waals surface area contributed by atoms with Crippen molar-refractivity contribution in [1.29, 1.82) is 0 Å². The lowest BCUT2D eigenvalue weighted by Gasteiger charge is -2.27. The molecule has 0 aromatic carbocycles. The molecule has 78 heavy (non-hydrogen) atoms. The van der Waals surface area contributed by atoms with Gasteiger partial charge in [0.05, 0.1) is 33.8 Å². The molecule has 0 aliphatic heterocycles. The molecular weight excluding hydrogens is 988 g/mol. The quantitative estimate of drug-likeness (QED) is 0.0205. The smallest absolute Gasteiger partial charge is 0.456 e.